The second-order valence-corrected chi connectivity index (χ2v) is 7.89. The van der Waals surface area contributed by atoms with Gasteiger partial charge >= 0.3 is 0 Å². The highest BCUT2D eigenvalue weighted by Gasteiger charge is 2.18. The van der Waals surface area contributed by atoms with Crippen molar-refractivity contribution in [2.45, 2.75) is 6.42 Å². The predicted molar refractivity (Wildman–Crippen MR) is 114 cm³/mol. The number of hydrogen-bond acceptors (Lipinski definition) is 4. The lowest BCUT2D eigenvalue weighted by Crippen LogP contribution is -2.45. The van der Waals surface area contributed by atoms with E-state index in [-0.39, 0.29) is 0 Å². The molecule has 0 amide bonds. The highest BCUT2D eigenvalue weighted by atomic mass is 79.9. The number of piperazine rings is 1. The summed E-state index contributed by atoms with van der Waals surface area (Å²) >= 11 is 9.60. The Morgan fingerprint density at radius 3 is 2.58 bits per heavy atom. The summed E-state index contributed by atoms with van der Waals surface area (Å²) in [5.41, 5.74) is 3.14. The monoisotopic (exact) mass is 434 g/mol. The van der Waals surface area contributed by atoms with Crippen molar-refractivity contribution in [3.8, 4) is 0 Å². The van der Waals surface area contributed by atoms with E-state index in [1.165, 1.54) is 5.56 Å². The van der Waals surface area contributed by atoms with Crippen LogP contribution >= 0.6 is 27.5 Å². The summed E-state index contributed by atoms with van der Waals surface area (Å²) in [7, 11) is 2.16. The first-order chi connectivity index (χ1) is 12.5. The number of anilines is 1. The van der Waals surface area contributed by atoms with Gasteiger partial charge in [0.05, 0.1) is 4.47 Å². The van der Waals surface area contributed by atoms with Gasteiger partial charge in [-0.15, -0.1) is 0 Å². The van der Waals surface area contributed by atoms with Gasteiger partial charge in [-0.3, -0.25) is 0 Å². The molecule has 26 heavy (non-hydrogen) atoms. The molecule has 0 aliphatic carbocycles. The van der Waals surface area contributed by atoms with E-state index in [0.717, 1.165) is 65.7 Å². The number of benzene rings is 1. The van der Waals surface area contributed by atoms with Crippen LogP contribution in [0.15, 0.2) is 47.6 Å². The normalized spacial score (nSPS) is 15.1. The molecule has 1 fully saturated rings. The molecule has 0 saturated carbocycles. The van der Waals surface area contributed by atoms with Gasteiger partial charge in [-0.05, 0) is 53.2 Å². The summed E-state index contributed by atoms with van der Waals surface area (Å²) in [5.74, 6) is 1.01. The van der Waals surface area contributed by atoms with E-state index in [1.54, 1.807) is 0 Å². The third-order valence-electron chi connectivity index (χ3n) is 4.64. The molecule has 1 aliphatic heterocycles. The molecule has 1 aromatic heterocycles. The summed E-state index contributed by atoms with van der Waals surface area (Å²) in [6, 6.07) is 10.0. The fraction of sp³-hybridized carbons (Fsp3) is 0.350. The lowest BCUT2D eigenvalue weighted by atomic mass is 10.1. The van der Waals surface area contributed by atoms with Crippen molar-refractivity contribution in [1.29, 1.82) is 0 Å². The van der Waals surface area contributed by atoms with Crippen molar-refractivity contribution >= 4 is 39.0 Å². The lowest BCUT2D eigenvalue weighted by Gasteiger charge is -2.33. The summed E-state index contributed by atoms with van der Waals surface area (Å²) in [6.07, 6.45) is 2.82. The van der Waals surface area contributed by atoms with Crippen LogP contribution in [-0.4, -0.2) is 49.7 Å². The Hall–Kier alpha value is -1.56. The van der Waals surface area contributed by atoms with Crippen molar-refractivity contribution in [2.24, 2.45) is 0 Å². The number of hydrogen-bond donors (Lipinski definition) is 1. The zero-order valence-electron chi connectivity index (χ0n) is 15.0. The maximum Gasteiger partial charge on any atom is 0.142 e. The van der Waals surface area contributed by atoms with Crippen LogP contribution in [0.4, 0.5) is 5.82 Å². The SMILES string of the molecule is C=C(NCCc1ccc(Cl)cc1)c1cnc(N2CCN(C)CC2)c(Br)c1. The van der Waals surface area contributed by atoms with Gasteiger partial charge in [0, 0.05) is 55.2 Å². The standard InChI is InChI=1S/C20H24BrClN4/c1-15(23-8-7-16-3-5-18(22)6-4-16)17-13-19(21)20(24-14-17)26-11-9-25(2)10-12-26/h3-6,13-14,23H,1,7-12H2,2H3. The molecule has 2 heterocycles. The molecule has 138 valence electrons. The van der Waals surface area contributed by atoms with Gasteiger partial charge in [-0.2, -0.15) is 0 Å². The molecule has 1 aliphatic rings. The maximum atomic E-state index is 5.92. The largest absolute Gasteiger partial charge is 0.385 e. The first-order valence-electron chi connectivity index (χ1n) is 8.79. The topological polar surface area (TPSA) is 31.4 Å². The van der Waals surface area contributed by atoms with Gasteiger partial charge in [0.2, 0.25) is 0 Å². The molecule has 4 nitrogen and oxygen atoms in total. The summed E-state index contributed by atoms with van der Waals surface area (Å²) in [6.45, 7) is 9.10. The number of likely N-dealkylation sites (N-methyl/N-ethyl adjacent to an activating group) is 1. The molecule has 0 unspecified atom stereocenters. The van der Waals surface area contributed by atoms with Crippen LogP contribution in [0.1, 0.15) is 11.1 Å². The molecular formula is C20H24BrClN4. The van der Waals surface area contributed by atoms with Crippen molar-refractivity contribution in [2.75, 3.05) is 44.7 Å². The van der Waals surface area contributed by atoms with Crippen molar-refractivity contribution < 1.29 is 0 Å². The van der Waals surface area contributed by atoms with E-state index in [1.807, 2.05) is 18.3 Å². The van der Waals surface area contributed by atoms with E-state index in [2.05, 4.69) is 67.9 Å². The van der Waals surface area contributed by atoms with Gasteiger partial charge in [-0.1, -0.05) is 30.3 Å². The Morgan fingerprint density at radius 2 is 1.92 bits per heavy atom. The summed E-state index contributed by atoms with van der Waals surface area (Å²) < 4.78 is 1.01. The van der Waals surface area contributed by atoms with Gasteiger partial charge < -0.3 is 15.1 Å². The smallest absolute Gasteiger partial charge is 0.142 e. The highest BCUT2D eigenvalue weighted by Crippen LogP contribution is 2.27. The average Bonchev–Trinajstić information content (AvgIpc) is 2.64. The van der Waals surface area contributed by atoms with Crippen LogP contribution in [0.5, 0.6) is 0 Å². The predicted octanol–water partition coefficient (Wildman–Crippen LogP) is 4.05. The molecule has 0 bridgehead atoms. The third kappa shape index (κ3) is 5.00. The molecule has 1 aromatic carbocycles. The molecule has 6 heteroatoms. The number of aromatic nitrogens is 1. The number of nitrogens with one attached hydrogen (secondary N) is 1. The van der Waals surface area contributed by atoms with E-state index >= 15 is 0 Å². The quantitative estimate of drug-likeness (QED) is 0.742. The Kier molecular flexibility index (Phi) is 6.57. The molecule has 0 radical (unpaired) electrons. The van der Waals surface area contributed by atoms with E-state index < -0.39 is 0 Å². The molecule has 1 N–H and O–H groups in total. The summed E-state index contributed by atoms with van der Waals surface area (Å²) in [4.78, 5) is 9.33. The number of nitrogens with zero attached hydrogens (tertiary/aromatic N) is 3. The molecule has 2 aromatic rings. The molecule has 3 rings (SSSR count). The van der Waals surface area contributed by atoms with Crippen molar-refractivity contribution in [1.82, 2.24) is 15.2 Å². The van der Waals surface area contributed by atoms with Gasteiger partial charge in [0.1, 0.15) is 5.82 Å². The minimum Gasteiger partial charge on any atom is -0.385 e. The van der Waals surface area contributed by atoms with Crippen LogP contribution in [0, 0.1) is 0 Å². The van der Waals surface area contributed by atoms with Crippen LogP contribution < -0.4 is 10.2 Å². The Balaban J connectivity index is 1.56. The minimum atomic E-state index is 0.766. The van der Waals surface area contributed by atoms with Crippen molar-refractivity contribution in [3.05, 3.63) is 63.7 Å². The number of pyridine rings is 1. The minimum absolute atomic E-state index is 0.766. The van der Waals surface area contributed by atoms with E-state index in [4.69, 9.17) is 11.6 Å². The molecule has 1 saturated heterocycles. The van der Waals surface area contributed by atoms with Gasteiger partial charge in [0.15, 0.2) is 0 Å². The Labute approximate surface area is 169 Å². The van der Waals surface area contributed by atoms with Crippen LogP contribution in [0.25, 0.3) is 5.70 Å². The number of rotatable bonds is 6. The fourth-order valence-electron chi connectivity index (χ4n) is 2.96. The van der Waals surface area contributed by atoms with E-state index in [9.17, 15) is 0 Å². The average molecular weight is 436 g/mol. The first-order valence-corrected chi connectivity index (χ1v) is 9.96. The zero-order chi connectivity index (χ0) is 18.5. The maximum absolute atomic E-state index is 5.92. The second kappa shape index (κ2) is 8.89. The first kappa shape index (κ1) is 19.2. The Bertz CT molecular complexity index is 755. The van der Waals surface area contributed by atoms with E-state index in [0.29, 0.717) is 0 Å². The lowest BCUT2D eigenvalue weighted by molar-refractivity contribution is 0.312. The summed E-state index contributed by atoms with van der Waals surface area (Å²) in [5, 5.41) is 4.15. The highest BCUT2D eigenvalue weighted by molar-refractivity contribution is 9.10. The van der Waals surface area contributed by atoms with Crippen LogP contribution in [0.2, 0.25) is 5.02 Å². The number of halogens is 2. The van der Waals surface area contributed by atoms with Gasteiger partial charge in [0.25, 0.3) is 0 Å². The zero-order valence-corrected chi connectivity index (χ0v) is 17.4. The Morgan fingerprint density at radius 1 is 1.23 bits per heavy atom. The molecule has 0 atom stereocenters. The second-order valence-electron chi connectivity index (χ2n) is 6.60. The molecule has 0 spiro atoms. The van der Waals surface area contributed by atoms with Gasteiger partial charge in [-0.25, -0.2) is 4.98 Å². The molecular weight excluding hydrogens is 412 g/mol. The van der Waals surface area contributed by atoms with Crippen LogP contribution in [-0.2, 0) is 6.42 Å². The third-order valence-corrected chi connectivity index (χ3v) is 5.47. The van der Waals surface area contributed by atoms with Crippen molar-refractivity contribution in [3.63, 3.8) is 0 Å². The van der Waals surface area contributed by atoms with Crippen LogP contribution in [0.3, 0.4) is 0 Å². The fourth-order valence-corrected chi connectivity index (χ4v) is 3.68.